The zero-order valence-electron chi connectivity index (χ0n) is 13.1. The van der Waals surface area contributed by atoms with Crippen molar-refractivity contribution in [3.8, 4) is 0 Å². The molecule has 0 aliphatic carbocycles. The molecule has 17 heavy (non-hydrogen) atoms. The number of rotatable bonds is 10. The van der Waals surface area contributed by atoms with Crippen LogP contribution in [-0.4, -0.2) is 11.1 Å². The van der Waals surface area contributed by atoms with Gasteiger partial charge in [0.2, 0.25) is 0 Å². The van der Waals surface area contributed by atoms with Crippen LogP contribution in [0.5, 0.6) is 0 Å². The van der Waals surface area contributed by atoms with E-state index in [-0.39, 0.29) is 11.1 Å². The largest absolute Gasteiger partial charge is 0.229 e. The molecule has 1 radical (unpaired) electrons. The molecule has 0 bridgehead atoms. The lowest BCUT2D eigenvalue weighted by molar-refractivity contribution is 0.175. The molecule has 0 saturated carbocycles. The monoisotopic (exact) mass is 240 g/mol. The van der Waals surface area contributed by atoms with Gasteiger partial charge in [-0.3, -0.25) is 0 Å². The van der Waals surface area contributed by atoms with Crippen molar-refractivity contribution in [3.05, 3.63) is 0 Å². The molecule has 1 heteroatoms. The van der Waals surface area contributed by atoms with Crippen LogP contribution in [0.15, 0.2) is 0 Å². The van der Waals surface area contributed by atoms with E-state index in [1.807, 2.05) is 0 Å². The standard InChI is InChI=1S/C16H34N/c1-7-11-15(5,12-8-2)17-16(6,13-9-3)14-10-4/h7-14H2,1-6H3. The molecule has 0 aliphatic heterocycles. The topological polar surface area (TPSA) is 14.1 Å². The Balaban J connectivity index is 4.65. The molecule has 1 nitrogen and oxygen atoms in total. The van der Waals surface area contributed by atoms with E-state index in [1.54, 1.807) is 0 Å². The number of hydrogen-bond donors (Lipinski definition) is 0. The minimum Gasteiger partial charge on any atom is -0.229 e. The fraction of sp³-hybridized carbons (Fsp3) is 1.00. The Labute approximate surface area is 110 Å². The Bertz CT molecular complexity index is 154. The molecule has 0 aromatic carbocycles. The van der Waals surface area contributed by atoms with E-state index in [4.69, 9.17) is 5.32 Å². The van der Waals surface area contributed by atoms with Crippen LogP contribution >= 0.6 is 0 Å². The first kappa shape index (κ1) is 17.0. The molecule has 0 rings (SSSR count). The van der Waals surface area contributed by atoms with Crippen LogP contribution in [0.2, 0.25) is 0 Å². The second-order valence-electron chi connectivity index (χ2n) is 6.11. The Morgan fingerprint density at radius 3 is 1.00 bits per heavy atom. The summed E-state index contributed by atoms with van der Waals surface area (Å²) in [4.78, 5) is 0. The summed E-state index contributed by atoms with van der Waals surface area (Å²) in [6, 6.07) is 0. The third-order valence-electron chi connectivity index (χ3n) is 3.69. The van der Waals surface area contributed by atoms with Gasteiger partial charge >= 0.3 is 0 Å². The first-order chi connectivity index (χ1) is 7.95. The van der Waals surface area contributed by atoms with Crippen LogP contribution in [0.25, 0.3) is 0 Å². The molecule has 0 N–H and O–H groups in total. The lowest BCUT2D eigenvalue weighted by Gasteiger charge is -2.40. The molecule has 0 aromatic heterocycles. The van der Waals surface area contributed by atoms with Gasteiger partial charge in [-0.05, 0) is 39.5 Å². The van der Waals surface area contributed by atoms with Crippen molar-refractivity contribution in [1.82, 2.24) is 5.32 Å². The minimum atomic E-state index is 0.211. The predicted octanol–water partition coefficient (Wildman–Crippen LogP) is 5.31. The summed E-state index contributed by atoms with van der Waals surface area (Å²) in [5.74, 6) is 0. The highest BCUT2D eigenvalue weighted by Crippen LogP contribution is 2.29. The quantitative estimate of drug-likeness (QED) is 0.491. The first-order valence-electron chi connectivity index (χ1n) is 7.69. The maximum atomic E-state index is 5.30. The van der Waals surface area contributed by atoms with Gasteiger partial charge in [-0.1, -0.05) is 53.4 Å². The molecule has 103 valence electrons. The Morgan fingerprint density at radius 2 is 0.824 bits per heavy atom. The van der Waals surface area contributed by atoms with Gasteiger partial charge in [-0.2, -0.15) is 0 Å². The Kier molecular flexibility index (Phi) is 8.11. The highest BCUT2D eigenvalue weighted by Gasteiger charge is 2.33. The lowest BCUT2D eigenvalue weighted by atomic mass is 9.83. The molecule has 0 spiro atoms. The molecule has 0 aliphatic rings. The summed E-state index contributed by atoms with van der Waals surface area (Å²) in [7, 11) is 0. The van der Waals surface area contributed by atoms with Crippen molar-refractivity contribution in [1.29, 1.82) is 0 Å². The maximum absolute atomic E-state index is 5.30. The lowest BCUT2D eigenvalue weighted by Crippen LogP contribution is -2.49. The van der Waals surface area contributed by atoms with E-state index in [0.717, 1.165) is 0 Å². The summed E-state index contributed by atoms with van der Waals surface area (Å²) in [6.07, 6.45) is 9.94. The summed E-state index contributed by atoms with van der Waals surface area (Å²) >= 11 is 0. The summed E-state index contributed by atoms with van der Waals surface area (Å²) in [5, 5.41) is 5.30. The number of hydrogen-bond acceptors (Lipinski definition) is 0. The highest BCUT2D eigenvalue weighted by atomic mass is 15.0. The molecule has 0 fully saturated rings. The minimum absolute atomic E-state index is 0.211. The van der Waals surface area contributed by atoms with Crippen LogP contribution < -0.4 is 5.32 Å². The van der Waals surface area contributed by atoms with E-state index < -0.39 is 0 Å². The molecule has 0 unspecified atom stereocenters. The Morgan fingerprint density at radius 1 is 0.588 bits per heavy atom. The van der Waals surface area contributed by atoms with Crippen molar-refractivity contribution in [2.75, 3.05) is 0 Å². The summed E-state index contributed by atoms with van der Waals surface area (Å²) in [6.45, 7) is 13.8. The molecule has 0 atom stereocenters. The second-order valence-corrected chi connectivity index (χ2v) is 6.11. The molecule has 0 amide bonds. The Hall–Kier alpha value is -0.0400. The van der Waals surface area contributed by atoms with E-state index in [1.165, 1.54) is 51.4 Å². The zero-order valence-corrected chi connectivity index (χ0v) is 13.1. The van der Waals surface area contributed by atoms with Crippen LogP contribution in [0.1, 0.15) is 92.9 Å². The molecule has 0 heterocycles. The molecule has 0 saturated heterocycles. The van der Waals surface area contributed by atoms with Gasteiger partial charge in [-0.25, -0.2) is 5.32 Å². The van der Waals surface area contributed by atoms with Gasteiger partial charge in [0.15, 0.2) is 0 Å². The zero-order chi connectivity index (χ0) is 13.4. The van der Waals surface area contributed by atoms with Crippen molar-refractivity contribution >= 4 is 0 Å². The van der Waals surface area contributed by atoms with Gasteiger partial charge in [-0.15, -0.1) is 0 Å². The van der Waals surface area contributed by atoms with Crippen molar-refractivity contribution in [2.24, 2.45) is 0 Å². The van der Waals surface area contributed by atoms with Gasteiger partial charge in [0, 0.05) is 11.1 Å². The van der Waals surface area contributed by atoms with Crippen LogP contribution in [0.4, 0.5) is 0 Å². The van der Waals surface area contributed by atoms with E-state index in [2.05, 4.69) is 41.5 Å². The van der Waals surface area contributed by atoms with Crippen LogP contribution in [0, 0.1) is 0 Å². The van der Waals surface area contributed by atoms with E-state index in [9.17, 15) is 0 Å². The van der Waals surface area contributed by atoms with E-state index >= 15 is 0 Å². The fourth-order valence-electron chi connectivity index (χ4n) is 3.28. The fourth-order valence-corrected chi connectivity index (χ4v) is 3.28. The van der Waals surface area contributed by atoms with Gasteiger partial charge in [0.25, 0.3) is 0 Å². The molecular weight excluding hydrogens is 206 g/mol. The van der Waals surface area contributed by atoms with Crippen LogP contribution in [-0.2, 0) is 0 Å². The molecular formula is C16H34N. The van der Waals surface area contributed by atoms with Gasteiger partial charge < -0.3 is 0 Å². The van der Waals surface area contributed by atoms with E-state index in [0.29, 0.717) is 0 Å². The molecule has 0 aromatic rings. The average molecular weight is 240 g/mol. The van der Waals surface area contributed by atoms with Crippen molar-refractivity contribution < 1.29 is 0 Å². The highest BCUT2D eigenvalue weighted by molar-refractivity contribution is 4.92. The summed E-state index contributed by atoms with van der Waals surface area (Å²) in [5.41, 5.74) is 0.422. The smallest absolute Gasteiger partial charge is 0.0334 e. The van der Waals surface area contributed by atoms with Crippen LogP contribution in [0.3, 0.4) is 0 Å². The van der Waals surface area contributed by atoms with Crippen molar-refractivity contribution in [3.63, 3.8) is 0 Å². The normalized spacial score (nSPS) is 13.1. The maximum Gasteiger partial charge on any atom is 0.0334 e. The second kappa shape index (κ2) is 8.13. The third-order valence-corrected chi connectivity index (χ3v) is 3.69. The van der Waals surface area contributed by atoms with Crippen molar-refractivity contribution in [2.45, 2.75) is 104 Å². The summed E-state index contributed by atoms with van der Waals surface area (Å²) < 4.78 is 0. The van der Waals surface area contributed by atoms with Gasteiger partial charge in [0.05, 0.1) is 0 Å². The first-order valence-corrected chi connectivity index (χ1v) is 7.69. The SMILES string of the molecule is CCCC(C)(CCC)[N]C(C)(CCC)CCC. The third kappa shape index (κ3) is 6.45. The predicted molar refractivity (Wildman–Crippen MR) is 78.6 cm³/mol. The number of nitrogens with zero attached hydrogens (tertiary/aromatic N) is 1. The van der Waals surface area contributed by atoms with Gasteiger partial charge in [0.1, 0.15) is 0 Å². The average Bonchev–Trinajstić information content (AvgIpc) is 2.17.